The molecule has 1 aromatic rings. The van der Waals surface area contributed by atoms with Gasteiger partial charge in [-0.3, -0.25) is 15.6 Å². The molecule has 0 aliphatic carbocycles. The van der Waals surface area contributed by atoms with E-state index in [0.29, 0.717) is 17.2 Å². The summed E-state index contributed by atoms with van der Waals surface area (Å²) in [4.78, 5) is 16.3. The summed E-state index contributed by atoms with van der Waals surface area (Å²) in [5.41, 5.74) is 7.00. The number of rotatable bonds is 7. The van der Waals surface area contributed by atoms with Crippen LogP contribution in [0.5, 0.6) is 0 Å². The van der Waals surface area contributed by atoms with Gasteiger partial charge >= 0.3 is 0 Å². The van der Waals surface area contributed by atoms with E-state index in [1.54, 1.807) is 0 Å². The molecule has 1 amide bonds. The first kappa shape index (κ1) is 19.2. The number of anilines is 1. The Balaban J connectivity index is 2.44. The predicted molar refractivity (Wildman–Crippen MR) is 99.8 cm³/mol. The van der Waals surface area contributed by atoms with Crippen molar-refractivity contribution in [3.8, 4) is 0 Å². The monoisotopic (exact) mass is 337 g/mol. The van der Waals surface area contributed by atoms with Gasteiger partial charge in [0.15, 0.2) is 5.11 Å². The van der Waals surface area contributed by atoms with Gasteiger partial charge in [0.25, 0.3) is 5.91 Å². The van der Waals surface area contributed by atoms with Crippen molar-refractivity contribution in [2.24, 2.45) is 0 Å². The fourth-order valence-electron chi connectivity index (χ4n) is 2.04. The van der Waals surface area contributed by atoms with E-state index in [0.717, 1.165) is 25.3 Å². The van der Waals surface area contributed by atoms with Crippen LogP contribution in [-0.4, -0.2) is 56.2 Å². The zero-order valence-corrected chi connectivity index (χ0v) is 15.2. The van der Waals surface area contributed by atoms with Crippen molar-refractivity contribution in [3.05, 3.63) is 29.8 Å². The smallest absolute Gasteiger partial charge is 0.269 e. The van der Waals surface area contributed by atoms with Crippen molar-refractivity contribution in [2.75, 3.05) is 45.2 Å². The molecule has 23 heavy (non-hydrogen) atoms. The molecule has 0 saturated heterocycles. The maximum Gasteiger partial charge on any atom is 0.269 e. The van der Waals surface area contributed by atoms with E-state index < -0.39 is 0 Å². The lowest BCUT2D eigenvalue weighted by atomic mass is 10.2. The number of thiocarbonyl (C=S) groups is 1. The van der Waals surface area contributed by atoms with E-state index >= 15 is 0 Å². The van der Waals surface area contributed by atoms with Crippen LogP contribution in [0.4, 0.5) is 5.69 Å². The van der Waals surface area contributed by atoms with Crippen LogP contribution in [-0.2, 0) is 0 Å². The van der Waals surface area contributed by atoms with Crippen LogP contribution in [0.15, 0.2) is 24.3 Å². The molecule has 0 radical (unpaired) electrons. The first-order valence-corrected chi connectivity index (χ1v) is 8.22. The van der Waals surface area contributed by atoms with Crippen molar-refractivity contribution in [1.82, 2.24) is 21.1 Å². The Morgan fingerprint density at radius 3 is 2.22 bits per heavy atom. The molecule has 0 spiro atoms. The van der Waals surface area contributed by atoms with Gasteiger partial charge in [0, 0.05) is 37.4 Å². The summed E-state index contributed by atoms with van der Waals surface area (Å²) in [6.07, 6.45) is 0. The van der Waals surface area contributed by atoms with E-state index in [4.69, 9.17) is 12.2 Å². The molecule has 0 unspecified atom stereocenters. The van der Waals surface area contributed by atoms with Gasteiger partial charge in [-0.15, -0.1) is 0 Å². The van der Waals surface area contributed by atoms with E-state index in [1.807, 2.05) is 43.3 Å². The first-order chi connectivity index (χ1) is 11.0. The van der Waals surface area contributed by atoms with Crippen LogP contribution < -0.4 is 21.1 Å². The molecule has 0 saturated carbocycles. The normalized spacial score (nSPS) is 10.3. The Bertz CT molecular complexity index is 500. The molecule has 0 aromatic heterocycles. The minimum atomic E-state index is -0.215. The number of carbonyl (C=O) groups excluding carboxylic acids is 1. The predicted octanol–water partition coefficient (Wildman–Crippen LogP) is 1.20. The molecule has 1 aromatic carbocycles. The van der Waals surface area contributed by atoms with Crippen LogP contribution in [0.1, 0.15) is 24.2 Å². The van der Waals surface area contributed by atoms with Crippen LogP contribution in [0.3, 0.4) is 0 Å². The number of benzene rings is 1. The molecule has 0 atom stereocenters. The Morgan fingerprint density at radius 1 is 1.09 bits per heavy atom. The van der Waals surface area contributed by atoms with Crippen molar-refractivity contribution < 1.29 is 4.79 Å². The highest BCUT2D eigenvalue weighted by Gasteiger charge is 2.07. The number of carbonyl (C=O) groups is 1. The largest absolute Gasteiger partial charge is 0.372 e. The number of hydrogen-bond acceptors (Lipinski definition) is 4. The summed E-state index contributed by atoms with van der Waals surface area (Å²) < 4.78 is 0. The quantitative estimate of drug-likeness (QED) is 0.513. The Kier molecular flexibility index (Phi) is 8.36. The third-order valence-electron chi connectivity index (χ3n) is 3.39. The number of hydrazine groups is 1. The molecule has 0 fully saturated rings. The minimum Gasteiger partial charge on any atom is -0.372 e. The van der Waals surface area contributed by atoms with E-state index in [9.17, 15) is 4.79 Å². The molecule has 0 aliphatic heterocycles. The zero-order valence-electron chi connectivity index (χ0n) is 14.3. The lowest BCUT2D eigenvalue weighted by Gasteiger charge is -2.21. The molecule has 0 bridgehead atoms. The number of nitrogens with one attached hydrogen (secondary N) is 3. The first-order valence-electron chi connectivity index (χ1n) is 7.81. The lowest BCUT2D eigenvalue weighted by Crippen LogP contribution is -2.47. The Morgan fingerprint density at radius 2 is 1.70 bits per heavy atom. The van der Waals surface area contributed by atoms with Crippen LogP contribution in [0, 0.1) is 0 Å². The molecular weight excluding hydrogens is 310 g/mol. The van der Waals surface area contributed by atoms with Crippen molar-refractivity contribution >= 4 is 28.9 Å². The second kappa shape index (κ2) is 10.0. The number of hydrogen-bond donors (Lipinski definition) is 3. The number of likely N-dealkylation sites (N-methyl/N-ethyl adjacent to an activating group) is 1. The fraction of sp³-hybridized carbons (Fsp3) is 0.500. The van der Waals surface area contributed by atoms with E-state index in [2.05, 4.69) is 34.9 Å². The second-order valence-corrected chi connectivity index (χ2v) is 5.77. The number of amides is 1. The van der Waals surface area contributed by atoms with Crippen molar-refractivity contribution in [3.63, 3.8) is 0 Å². The van der Waals surface area contributed by atoms with Gasteiger partial charge in [-0.05, 0) is 64.4 Å². The maximum atomic E-state index is 12.1. The van der Waals surface area contributed by atoms with Crippen LogP contribution >= 0.6 is 12.2 Å². The lowest BCUT2D eigenvalue weighted by molar-refractivity contribution is 0.0943. The SMILES string of the molecule is CCN(CC)c1ccc(C(=O)NNC(=S)NCCN(C)C)cc1. The molecule has 1 rings (SSSR count). The molecule has 6 nitrogen and oxygen atoms in total. The van der Waals surface area contributed by atoms with Gasteiger partial charge in [-0.1, -0.05) is 0 Å². The molecule has 3 N–H and O–H groups in total. The van der Waals surface area contributed by atoms with Crippen LogP contribution in [0.25, 0.3) is 0 Å². The second-order valence-electron chi connectivity index (χ2n) is 5.36. The third-order valence-corrected chi connectivity index (χ3v) is 3.64. The van der Waals surface area contributed by atoms with Gasteiger partial charge < -0.3 is 15.1 Å². The van der Waals surface area contributed by atoms with Crippen molar-refractivity contribution in [2.45, 2.75) is 13.8 Å². The minimum absolute atomic E-state index is 0.215. The van der Waals surface area contributed by atoms with Gasteiger partial charge in [0.2, 0.25) is 0 Å². The molecular formula is C16H27N5OS. The zero-order chi connectivity index (χ0) is 17.2. The van der Waals surface area contributed by atoms with E-state index in [1.165, 1.54) is 0 Å². The molecule has 7 heteroatoms. The van der Waals surface area contributed by atoms with Gasteiger partial charge in [0.1, 0.15) is 0 Å². The third kappa shape index (κ3) is 6.83. The van der Waals surface area contributed by atoms with Gasteiger partial charge in [0.05, 0.1) is 0 Å². The molecule has 128 valence electrons. The fourth-order valence-corrected chi connectivity index (χ4v) is 2.19. The maximum absolute atomic E-state index is 12.1. The summed E-state index contributed by atoms with van der Waals surface area (Å²) in [5, 5.41) is 3.42. The standard InChI is InChI=1S/C16H27N5OS/c1-5-21(6-2)14-9-7-13(8-10-14)15(22)18-19-16(23)17-11-12-20(3)4/h7-10H,5-6,11-12H2,1-4H3,(H,18,22)(H2,17,19,23). The Labute approximate surface area is 144 Å². The van der Waals surface area contributed by atoms with E-state index in [-0.39, 0.29) is 5.91 Å². The highest BCUT2D eigenvalue weighted by Crippen LogP contribution is 2.14. The highest BCUT2D eigenvalue weighted by molar-refractivity contribution is 7.80. The molecule has 0 aliphatic rings. The molecule has 0 heterocycles. The average molecular weight is 337 g/mol. The van der Waals surface area contributed by atoms with Crippen LogP contribution in [0.2, 0.25) is 0 Å². The summed E-state index contributed by atoms with van der Waals surface area (Å²) in [7, 11) is 3.98. The summed E-state index contributed by atoms with van der Waals surface area (Å²) in [6.45, 7) is 7.68. The average Bonchev–Trinajstić information content (AvgIpc) is 2.54. The summed E-state index contributed by atoms with van der Waals surface area (Å²) >= 11 is 5.10. The van der Waals surface area contributed by atoms with Gasteiger partial charge in [-0.2, -0.15) is 0 Å². The van der Waals surface area contributed by atoms with Gasteiger partial charge in [-0.25, -0.2) is 0 Å². The summed E-state index contributed by atoms with van der Waals surface area (Å²) in [5.74, 6) is -0.215. The topological polar surface area (TPSA) is 59.6 Å². The summed E-state index contributed by atoms with van der Waals surface area (Å²) in [6, 6.07) is 7.53. The highest BCUT2D eigenvalue weighted by atomic mass is 32.1. The number of nitrogens with zero attached hydrogens (tertiary/aromatic N) is 2. The Hall–Kier alpha value is -1.86. The van der Waals surface area contributed by atoms with Crippen molar-refractivity contribution in [1.29, 1.82) is 0 Å².